The number of amides is 1. The summed E-state index contributed by atoms with van der Waals surface area (Å²) in [6, 6.07) is -0.194. The van der Waals surface area contributed by atoms with Gasteiger partial charge in [-0.25, -0.2) is 9.67 Å². The number of aromatic nitrogens is 3. The van der Waals surface area contributed by atoms with E-state index in [-0.39, 0.29) is 11.9 Å². The molecule has 6 heteroatoms. The Bertz CT molecular complexity index is 428. The second-order valence-electron chi connectivity index (χ2n) is 5.76. The van der Waals surface area contributed by atoms with Gasteiger partial charge in [0.25, 0.3) is 0 Å². The van der Waals surface area contributed by atoms with Gasteiger partial charge in [-0.3, -0.25) is 4.79 Å². The van der Waals surface area contributed by atoms with Gasteiger partial charge in [-0.05, 0) is 31.2 Å². The monoisotopic (exact) mass is 265 g/mol. The molecule has 2 atom stereocenters. The molecule has 0 radical (unpaired) electrons. The van der Waals surface area contributed by atoms with Crippen LogP contribution in [0.5, 0.6) is 0 Å². The van der Waals surface area contributed by atoms with Crippen molar-refractivity contribution < 1.29 is 4.79 Å². The summed E-state index contributed by atoms with van der Waals surface area (Å²) in [7, 11) is 0. The first-order chi connectivity index (χ1) is 9.06. The fourth-order valence-corrected chi connectivity index (χ4v) is 2.60. The normalized spacial score (nSPS) is 23.7. The highest BCUT2D eigenvalue weighted by atomic mass is 16.1. The van der Waals surface area contributed by atoms with Crippen LogP contribution < -0.4 is 11.1 Å². The lowest BCUT2D eigenvalue weighted by Crippen LogP contribution is -2.47. The molecule has 1 amide bonds. The third-order valence-electron chi connectivity index (χ3n) is 3.56. The number of nitrogens with zero attached hydrogens (tertiary/aromatic N) is 3. The van der Waals surface area contributed by atoms with E-state index in [0.29, 0.717) is 11.8 Å². The Kier molecular flexibility index (Phi) is 4.52. The standard InChI is InChI=1S/C13H23N5O/c1-9(2)7-18-12(16-8-17-18)6-10-3-4-15-11(5-10)13(14)19/h8-11,15H,3-7H2,1-2H3,(H2,14,19). The van der Waals surface area contributed by atoms with Gasteiger partial charge in [-0.1, -0.05) is 13.8 Å². The van der Waals surface area contributed by atoms with Crippen LogP contribution in [0.1, 0.15) is 32.5 Å². The van der Waals surface area contributed by atoms with Crippen molar-refractivity contribution >= 4 is 5.91 Å². The number of nitrogens with two attached hydrogens (primary N) is 1. The SMILES string of the molecule is CC(C)Cn1ncnc1CC1CCNC(C(N)=O)C1. The number of hydrogen-bond donors (Lipinski definition) is 2. The van der Waals surface area contributed by atoms with Crippen LogP contribution in [0, 0.1) is 11.8 Å². The lowest BCUT2D eigenvalue weighted by Gasteiger charge is -2.28. The van der Waals surface area contributed by atoms with Crippen molar-refractivity contribution in [3.8, 4) is 0 Å². The highest BCUT2D eigenvalue weighted by molar-refractivity contribution is 5.79. The lowest BCUT2D eigenvalue weighted by molar-refractivity contribution is -0.120. The Morgan fingerprint density at radius 3 is 3.11 bits per heavy atom. The van der Waals surface area contributed by atoms with Crippen molar-refractivity contribution in [3.63, 3.8) is 0 Å². The van der Waals surface area contributed by atoms with Crippen molar-refractivity contribution in [2.24, 2.45) is 17.6 Å². The minimum absolute atomic E-state index is 0.194. The smallest absolute Gasteiger partial charge is 0.234 e. The van der Waals surface area contributed by atoms with Gasteiger partial charge >= 0.3 is 0 Å². The van der Waals surface area contributed by atoms with Crippen LogP contribution >= 0.6 is 0 Å². The largest absolute Gasteiger partial charge is 0.368 e. The Labute approximate surface area is 113 Å². The second-order valence-corrected chi connectivity index (χ2v) is 5.76. The molecule has 1 fully saturated rings. The zero-order valence-corrected chi connectivity index (χ0v) is 11.7. The quantitative estimate of drug-likeness (QED) is 0.803. The minimum atomic E-state index is -0.256. The fraction of sp³-hybridized carbons (Fsp3) is 0.769. The number of piperidine rings is 1. The molecule has 106 valence electrons. The molecule has 2 heterocycles. The van der Waals surface area contributed by atoms with Gasteiger partial charge in [0, 0.05) is 13.0 Å². The van der Waals surface area contributed by atoms with E-state index in [0.717, 1.165) is 38.2 Å². The van der Waals surface area contributed by atoms with Gasteiger partial charge in [-0.2, -0.15) is 5.10 Å². The van der Waals surface area contributed by atoms with Crippen LogP contribution in [0.25, 0.3) is 0 Å². The van der Waals surface area contributed by atoms with Gasteiger partial charge in [-0.15, -0.1) is 0 Å². The van der Waals surface area contributed by atoms with Gasteiger partial charge in [0.15, 0.2) is 0 Å². The topological polar surface area (TPSA) is 85.8 Å². The molecule has 0 aromatic carbocycles. The average Bonchev–Trinajstić information content (AvgIpc) is 2.76. The number of nitrogens with one attached hydrogen (secondary N) is 1. The number of carbonyl (C=O) groups is 1. The van der Waals surface area contributed by atoms with Gasteiger partial charge in [0.2, 0.25) is 5.91 Å². The summed E-state index contributed by atoms with van der Waals surface area (Å²) in [6.45, 7) is 6.06. The van der Waals surface area contributed by atoms with Crippen molar-refractivity contribution in [3.05, 3.63) is 12.2 Å². The molecule has 0 aliphatic carbocycles. The van der Waals surface area contributed by atoms with E-state index < -0.39 is 0 Å². The maximum absolute atomic E-state index is 11.2. The molecule has 0 bridgehead atoms. The van der Waals surface area contributed by atoms with Crippen LogP contribution in [0.3, 0.4) is 0 Å². The number of carbonyl (C=O) groups excluding carboxylic acids is 1. The summed E-state index contributed by atoms with van der Waals surface area (Å²) < 4.78 is 1.98. The summed E-state index contributed by atoms with van der Waals surface area (Å²) in [5, 5.41) is 7.43. The molecule has 1 aliphatic heterocycles. The number of primary amides is 1. The maximum atomic E-state index is 11.2. The number of hydrogen-bond acceptors (Lipinski definition) is 4. The summed E-state index contributed by atoms with van der Waals surface area (Å²) in [5.74, 6) is 1.76. The van der Waals surface area contributed by atoms with Crippen LogP contribution in [0.4, 0.5) is 0 Å². The van der Waals surface area contributed by atoms with E-state index in [1.807, 2.05) is 4.68 Å². The Balaban J connectivity index is 1.97. The predicted octanol–water partition coefficient (Wildman–Crippen LogP) is 0.330. The molecule has 6 nitrogen and oxygen atoms in total. The summed E-state index contributed by atoms with van der Waals surface area (Å²) >= 11 is 0. The average molecular weight is 265 g/mol. The van der Waals surface area contributed by atoms with Gasteiger partial charge < -0.3 is 11.1 Å². The zero-order valence-electron chi connectivity index (χ0n) is 11.7. The van der Waals surface area contributed by atoms with Crippen molar-refractivity contribution in [2.75, 3.05) is 6.54 Å². The number of rotatable bonds is 5. The zero-order chi connectivity index (χ0) is 13.8. The first-order valence-electron chi connectivity index (χ1n) is 6.95. The molecule has 1 aliphatic rings. The molecular formula is C13H23N5O. The van der Waals surface area contributed by atoms with E-state index >= 15 is 0 Å². The molecule has 1 saturated heterocycles. The first-order valence-corrected chi connectivity index (χ1v) is 6.95. The van der Waals surface area contributed by atoms with E-state index in [9.17, 15) is 4.79 Å². The molecular weight excluding hydrogens is 242 g/mol. The summed E-state index contributed by atoms with van der Waals surface area (Å²) in [6.07, 6.45) is 4.34. The Morgan fingerprint density at radius 2 is 2.42 bits per heavy atom. The van der Waals surface area contributed by atoms with E-state index in [1.165, 1.54) is 0 Å². The van der Waals surface area contributed by atoms with Crippen molar-refractivity contribution in [2.45, 2.75) is 45.7 Å². The predicted molar refractivity (Wildman–Crippen MR) is 72.3 cm³/mol. The Hall–Kier alpha value is -1.43. The van der Waals surface area contributed by atoms with E-state index in [4.69, 9.17) is 5.73 Å². The van der Waals surface area contributed by atoms with Crippen LogP contribution in [-0.4, -0.2) is 33.3 Å². The third-order valence-corrected chi connectivity index (χ3v) is 3.56. The van der Waals surface area contributed by atoms with Crippen molar-refractivity contribution in [1.82, 2.24) is 20.1 Å². The van der Waals surface area contributed by atoms with Crippen molar-refractivity contribution in [1.29, 1.82) is 0 Å². The highest BCUT2D eigenvalue weighted by Gasteiger charge is 2.26. The molecule has 1 aromatic heterocycles. The van der Waals surface area contributed by atoms with E-state index in [1.54, 1.807) is 6.33 Å². The lowest BCUT2D eigenvalue weighted by atomic mass is 9.89. The molecule has 19 heavy (non-hydrogen) atoms. The highest BCUT2D eigenvalue weighted by Crippen LogP contribution is 2.20. The summed E-state index contributed by atoms with van der Waals surface area (Å²) in [4.78, 5) is 15.6. The minimum Gasteiger partial charge on any atom is -0.368 e. The first kappa shape index (κ1) is 14.0. The van der Waals surface area contributed by atoms with Crippen LogP contribution in [0.2, 0.25) is 0 Å². The third kappa shape index (κ3) is 3.76. The van der Waals surface area contributed by atoms with Crippen LogP contribution in [0.15, 0.2) is 6.33 Å². The van der Waals surface area contributed by atoms with Crippen LogP contribution in [-0.2, 0) is 17.8 Å². The van der Waals surface area contributed by atoms with E-state index in [2.05, 4.69) is 29.2 Å². The molecule has 2 unspecified atom stereocenters. The summed E-state index contributed by atoms with van der Waals surface area (Å²) in [5.41, 5.74) is 5.36. The van der Waals surface area contributed by atoms with Gasteiger partial charge in [0.05, 0.1) is 6.04 Å². The second kappa shape index (κ2) is 6.14. The van der Waals surface area contributed by atoms with Gasteiger partial charge in [0.1, 0.15) is 12.2 Å². The molecule has 1 aromatic rings. The Morgan fingerprint density at radius 1 is 1.63 bits per heavy atom. The molecule has 0 saturated carbocycles. The maximum Gasteiger partial charge on any atom is 0.234 e. The molecule has 2 rings (SSSR count). The molecule has 3 N–H and O–H groups in total. The fourth-order valence-electron chi connectivity index (χ4n) is 2.60. The molecule has 0 spiro atoms.